The maximum atomic E-state index is 4.02. The van der Waals surface area contributed by atoms with Crippen molar-refractivity contribution in [3.63, 3.8) is 0 Å². The Morgan fingerprint density at radius 3 is 2.23 bits per heavy atom. The van der Waals surface area contributed by atoms with Gasteiger partial charge in [-0.25, -0.2) is 0 Å². The third-order valence-corrected chi connectivity index (χ3v) is 8.73. The van der Waals surface area contributed by atoms with Gasteiger partial charge in [0, 0.05) is 23.8 Å². The Labute approximate surface area is 287 Å². The van der Waals surface area contributed by atoms with E-state index in [0.29, 0.717) is 0 Å². The molecule has 0 saturated heterocycles. The molecule has 2 N–H and O–H groups in total. The lowest BCUT2D eigenvalue weighted by atomic mass is 9.89. The van der Waals surface area contributed by atoms with E-state index in [2.05, 4.69) is 179 Å². The highest BCUT2D eigenvalue weighted by Crippen LogP contribution is 2.38. The maximum absolute atomic E-state index is 4.02. The number of hydrogen-bond donors (Lipinski definition) is 2. The van der Waals surface area contributed by atoms with Crippen LogP contribution in [0.3, 0.4) is 0 Å². The molecule has 0 aliphatic carbocycles. The van der Waals surface area contributed by atoms with Crippen molar-refractivity contribution in [2.24, 2.45) is 0 Å². The van der Waals surface area contributed by atoms with E-state index in [1.807, 2.05) is 18.2 Å². The van der Waals surface area contributed by atoms with Gasteiger partial charge in [-0.15, -0.1) is 0 Å². The van der Waals surface area contributed by atoms with Crippen LogP contribution in [0.2, 0.25) is 0 Å². The Bertz CT molecular complexity index is 1910. The van der Waals surface area contributed by atoms with Crippen molar-refractivity contribution in [1.82, 2.24) is 5.32 Å². The van der Waals surface area contributed by atoms with Gasteiger partial charge in [0.15, 0.2) is 0 Å². The van der Waals surface area contributed by atoms with Crippen molar-refractivity contribution in [3.05, 3.63) is 199 Å². The minimum absolute atomic E-state index is 0.0778. The number of allylic oxidation sites excluding steroid dienone is 10. The molecule has 0 saturated carbocycles. The van der Waals surface area contributed by atoms with Crippen LogP contribution in [0.15, 0.2) is 165 Å². The fraction of sp³-hybridized carbons (Fsp3) is 0.130. The molecule has 4 aromatic carbocycles. The number of nitrogens with one attached hydrogen (secondary N) is 2. The molecule has 2 unspecified atom stereocenters. The summed E-state index contributed by atoms with van der Waals surface area (Å²) in [6, 6.07) is 32.9. The molecule has 5 rings (SSSR count). The van der Waals surface area contributed by atoms with Gasteiger partial charge in [0.05, 0.1) is 6.04 Å². The highest BCUT2D eigenvalue weighted by Gasteiger charge is 2.19. The van der Waals surface area contributed by atoms with E-state index in [-0.39, 0.29) is 12.1 Å². The lowest BCUT2D eigenvalue weighted by molar-refractivity contribution is 0.527. The number of benzene rings is 4. The van der Waals surface area contributed by atoms with E-state index >= 15 is 0 Å². The van der Waals surface area contributed by atoms with E-state index in [4.69, 9.17) is 0 Å². The first kappa shape index (κ1) is 33.9. The standard InChI is InChI=1S/C46H46N2/c1-7-16-35(10-4)39-26-24-36(25-27-39)33(5)29-45(48-34(6)37-19-12-11-13-20-37)43-31-41(38(17-8-2)18-9-3)30-42(32-43)44-23-14-21-40-22-15-28-47-46(40)44/h7-27,29-32,34,45,47-48H,1-2,4,28H2,3,5-6H3/b18-9-,33-29+,35-16+,38-17+. The largest absolute Gasteiger partial charge is 0.381 e. The smallest absolute Gasteiger partial charge is 0.0517 e. The van der Waals surface area contributed by atoms with Crippen molar-refractivity contribution in [1.29, 1.82) is 0 Å². The second kappa shape index (κ2) is 16.4. The molecular weight excluding hydrogens is 581 g/mol. The van der Waals surface area contributed by atoms with Crippen LogP contribution in [0.25, 0.3) is 33.9 Å². The summed E-state index contributed by atoms with van der Waals surface area (Å²) in [5.41, 5.74) is 14.0. The van der Waals surface area contributed by atoms with Crippen molar-refractivity contribution >= 4 is 28.5 Å². The van der Waals surface area contributed by atoms with Gasteiger partial charge in [-0.05, 0) is 94.6 Å². The minimum atomic E-state index is -0.0778. The summed E-state index contributed by atoms with van der Waals surface area (Å²) in [6.45, 7) is 19.2. The molecule has 0 bridgehead atoms. The molecule has 2 atom stereocenters. The van der Waals surface area contributed by atoms with Gasteiger partial charge in [0.2, 0.25) is 0 Å². The summed E-state index contributed by atoms with van der Waals surface area (Å²) in [5, 5.41) is 7.62. The van der Waals surface area contributed by atoms with Crippen molar-refractivity contribution in [2.45, 2.75) is 32.9 Å². The molecule has 2 heteroatoms. The molecule has 2 nitrogen and oxygen atoms in total. The van der Waals surface area contributed by atoms with Gasteiger partial charge in [-0.2, -0.15) is 0 Å². The van der Waals surface area contributed by atoms with Crippen LogP contribution in [0, 0.1) is 0 Å². The van der Waals surface area contributed by atoms with Crippen LogP contribution in [-0.2, 0) is 0 Å². The fourth-order valence-electron chi connectivity index (χ4n) is 6.23. The zero-order valence-corrected chi connectivity index (χ0v) is 28.4. The highest BCUT2D eigenvalue weighted by atomic mass is 14.9. The van der Waals surface area contributed by atoms with Crippen LogP contribution in [0.1, 0.15) is 66.2 Å². The summed E-state index contributed by atoms with van der Waals surface area (Å²) in [4.78, 5) is 0. The number of fused-ring (bicyclic) bond motifs is 1. The fourth-order valence-corrected chi connectivity index (χ4v) is 6.23. The third-order valence-electron chi connectivity index (χ3n) is 8.73. The topological polar surface area (TPSA) is 24.1 Å². The summed E-state index contributed by atoms with van der Waals surface area (Å²) in [5.74, 6) is 0. The zero-order chi connectivity index (χ0) is 33.9. The van der Waals surface area contributed by atoms with E-state index < -0.39 is 0 Å². The first-order chi connectivity index (χ1) is 23.4. The highest BCUT2D eigenvalue weighted by molar-refractivity contribution is 5.88. The van der Waals surface area contributed by atoms with Crippen LogP contribution >= 0.6 is 0 Å². The molecule has 240 valence electrons. The van der Waals surface area contributed by atoms with Gasteiger partial charge in [-0.1, -0.05) is 153 Å². The second-order valence-electron chi connectivity index (χ2n) is 12.0. The Morgan fingerprint density at radius 1 is 0.792 bits per heavy atom. The Balaban J connectivity index is 1.67. The predicted octanol–water partition coefficient (Wildman–Crippen LogP) is 12.2. The van der Waals surface area contributed by atoms with E-state index in [9.17, 15) is 0 Å². The zero-order valence-electron chi connectivity index (χ0n) is 28.4. The molecule has 1 aliphatic rings. The monoisotopic (exact) mass is 626 g/mol. The van der Waals surface area contributed by atoms with Crippen LogP contribution < -0.4 is 10.6 Å². The predicted molar refractivity (Wildman–Crippen MR) is 212 cm³/mol. The molecule has 1 aliphatic heterocycles. The summed E-state index contributed by atoms with van der Waals surface area (Å²) < 4.78 is 0. The molecule has 0 amide bonds. The van der Waals surface area contributed by atoms with E-state index in [0.717, 1.165) is 28.8 Å². The number of hydrogen-bond acceptors (Lipinski definition) is 2. The van der Waals surface area contributed by atoms with Crippen molar-refractivity contribution < 1.29 is 0 Å². The molecule has 0 fully saturated rings. The molecule has 0 spiro atoms. The van der Waals surface area contributed by atoms with Crippen molar-refractivity contribution in [3.8, 4) is 11.1 Å². The van der Waals surface area contributed by atoms with Crippen LogP contribution in [0.4, 0.5) is 5.69 Å². The molecule has 48 heavy (non-hydrogen) atoms. The molecule has 1 heterocycles. The summed E-state index contributed by atoms with van der Waals surface area (Å²) in [7, 11) is 0. The van der Waals surface area contributed by atoms with Gasteiger partial charge >= 0.3 is 0 Å². The summed E-state index contributed by atoms with van der Waals surface area (Å²) in [6.07, 6.45) is 20.6. The van der Waals surface area contributed by atoms with Crippen molar-refractivity contribution in [2.75, 3.05) is 11.9 Å². The second-order valence-corrected chi connectivity index (χ2v) is 12.0. The Kier molecular flexibility index (Phi) is 11.6. The van der Waals surface area contributed by atoms with Crippen LogP contribution in [-0.4, -0.2) is 6.54 Å². The van der Waals surface area contributed by atoms with Gasteiger partial charge < -0.3 is 10.6 Å². The Hall–Kier alpha value is -5.44. The normalized spacial score (nSPS) is 14.6. The molecular formula is C46H46N2. The number of rotatable bonds is 13. The first-order valence-electron chi connectivity index (χ1n) is 16.7. The first-order valence-corrected chi connectivity index (χ1v) is 16.7. The Morgan fingerprint density at radius 2 is 1.52 bits per heavy atom. The number of anilines is 1. The van der Waals surface area contributed by atoms with Gasteiger partial charge in [0.25, 0.3) is 0 Å². The maximum Gasteiger partial charge on any atom is 0.0517 e. The van der Waals surface area contributed by atoms with E-state index in [1.54, 1.807) is 6.08 Å². The van der Waals surface area contributed by atoms with E-state index in [1.165, 1.54) is 44.6 Å². The molecule has 0 aromatic heterocycles. The quantitative estimate of drug-likeness (QED) is 0.144. The molecule has 4 aromatic rings. The number of para-hydroxylation sites is 1. The SMILES string of the molecule is C=C/C=C(\C=C)c1ccc(/C(C)=C/C(NC(C)c2ccccc2)c2cc(C(/C=C\C)=C/C=C)cc(-c3cccc4c3NCC=C4)c2)cc1. The minimum Gasteiger partial charge on any atom is -0.381 e. The molecule has 0 radical (unpaired) electrons. The average Bonchev–Trinajstić information content (AvgIpc) is 3.13. The van der Waals surface area contributed by atoms with Crippen LogP contribution in [0.5, 0.6) is 0 Å². The van der Waals surface area contributed by atoms with Gasteiger partial charge in [-0.3, -0.25) is 0 Å². The third kappa shape index (κ3) is 8.09. The average molecular weight is 627 g/mol. The van der Waals surface area contributed by atoms with Gasteiger partial charge in [0.1, 0.15) is 0 Å². The summed E-state index contributed by atoms with van der Waals surface area (Å²) >= 11 is 0. The lowest BCUT2D eigenvalue weighted by Crippen LogP contribution is -2.24. The lowest BCUT2D eigenvalue weighted by Gasteiger charge is -2.25.